The summed E-state index contributed by atoms with van der Waals surface area (Å²) in [5.41, 5.74) is 0. The third kappa shape index (κ3) is 1.69. The number of hydrogen-bond acceptors (Lipinski definition) is 5. The number of hydroxylamine groups is 2. The first-order valence-electron chi connectivity index (χ1n) is 3.64. The van der Waals surface area contributed by atoms with E-state index in [2.05, 4.69) is 0 Å². The molecule has 0 amide bonds. The Morgan fingerprint density at radius 1 is 1.27 bits per heavy atom. The van der Waals surface area contributed by atoms with Crippen LogP contribution in [0.3, 0.4) is 0 Å². The molecular formula is C6H13NO4. The van der Waals surface area contributed by atoms with E-state index in [0.717, 1.165) is 0 Å². The predicted octanol–water partition coefficient (Wildman–Crippen LogP) is -1.14. The topological polar surface area (TPSA) is 84.2 Å². The van der Waals surface area contributed by atoms with Gasteiger partial charge in [-0.05, 0) is 19.3 Å². The summed E-state index contributed by atoms with van der Waals surface area (Å²) < 4.78 is 0. The first-order chi connectivity index (χ1) is 5.05. The lowest BCUT2D eigenvalue weighted by Gasteiger charge is -2.31. The van der Waals surface area contributed by atoms with Gasteiger partial charge in [0.1, 0.15) is 6.10 Å². The van der Waals surface area contributed by atoms with Crippen LogP contribution in [-0.2, 0) is 0 Å². The molecule has 1 aliphatic rings. The summed E-state index contributed by atoms with van der Waals surface area (Å²) >= 11 is 0. The van der Waals surface area contributed by atoms with Crippen LogP contribution in [0.15, 0.2) is 0 Å². The van der Waals surface area contributed by atoms with Crippen LogP contribution < -0.4 is 0 Å². The van der Waals surface area contributed by atoms with Gasteiger partial charge in [0.15, 0.2) is 0 Å². The normalized spacial score (nSPS) is 33.3. The summed E-state index contributed by atoms with van der Waals surface area (Å²) in [6, 6.07) is 0. The number of rotatable bonds is 0. The second-order valence-electron chi connectivity index (χ2n) is 2.82. The fourth-order valence-electron chi connectivity index (χ4n) is 1.13. The van der Waals surface area contributed by atoms with E-state index in [1.165, 1.54) is 0 Å². The molecule has 0 radical (unpaired) electrons. The van der Waals surface area contributed by atoms with E-state index >= 15 is 0 Å². The van der Waals surface area contributed by atoms with Gasteiger partial charge in [0.25, 0.3) is 5.91 Å². The molecule has 0 unspecified atom stereocenters. The molecular weight excluding hydrogens is 150 g/mol. The van der Waals surface area contributed by atoms with E-state index in [1.807, 2.05) is 0 Å². The van der Waals surface area contributed by atoms with E-state index in [1.54, 1.807) is 0 Å². The van der Waals surface area contributed by atoms with Crippen molar-refractivity contribution in [3.8, 4) is 0 Å². The van der Waals surface area contributed by atoms with Crippen molar-refractivity contribution in [2.24, 2.45) is 0 Å². The Balaban J connectivity index is 2.67. The van der Waals surface area contributed by atoms with Gasteiger partial charge in [0.2, 0.25) is 0 Å². The Labute approximate surface area is 64.4 Å². The van der Waals surface area contributed by atoms with Gasteiger partial charge in [-0.15, -0.1) is 5.06 Å². The smallest absolute Gasteiger partial charge is 0.274 e. The first kappa shape index (κ1) is 8.89. The molecule has 1 rings (SSSR count). The molecule has 1 fully saturated rings. The quantitative estimate of drug-likeness (QED) is 0.339. The Morgan fingerprint density at radius 3 is 2.55 bits per heavy atom. The Bertz CT molecular complexity index is 125. The van der Waals surface area contributed by atoms with Crippen LogP contribution in [0, 0.1) is 0 Å². The summed E-state index contributed by atoms with van der Waals surface area (Å²) in [4.78, 5) is 0. The summed E-state index contributed by atoms with van der Waals surface area (Å²) in [5, 5.41) is 36.6. The summed E-state index contributed by atoms with van der Waals surface area (Å²) in [6.07, 6.45) is 0.330. The van der Waals surface area contributed by atoms with Crippen molar-refractivity contribution in [1.82, 2.24) is 5.06 Å². The van der Waals surface area contributed by atoms with Crippen LogP contribution in [0.25, 0.3) is 0 Å². The van der Waals surface area contributed by atoms with Crippen molar-refractivity contribution in [1.29, 1.82) is 0 Å². The van der Waals surface area contributed by atoms with Crippen molar-refractivity contribution >= 4 is 0 Å². The highest BCUT2D eigenvalue weighted by atomic mass is 16.6. The van der Waals surface area contributed by atoms with E-state index in [4.69, 9.17) is 20.5 Å². The molecule has 0 aromatic heterocycles. The van der Waals surface area contributed by atoms with Gasteiger partial charge in [-0.1, -0.05) is 0 Å². The third-order valence-electron chi connectivity index (χ3n) is 1.92. The fourth-order valence-corrected chi connectivity index (χ4v) is 1.13. The van der Waals surface area contributed by atoms with Crippen LogP contribution in [-0.4, -0.2) is 44.1 Å². The van der Waals surface area contributed by atoms with Crippen molar-refractivity contribution in [3.63, 3.8) is 0 Å². The van der Waals surface area contributed by atoms with Crippen LogP contribution in [0.1, 0.15) is 19.3 Å². The minimum Gasteiger partial charge on any atom is -0.386 e. The molecule has 4 N–H and O–H groups in total. The summed E-state index contributed by atoms with van der Waals surface area (Å²) in [6.45, 7) is 0.171. The van der Waals surface area contributed by atoms with Crippen LogP contribution in [0.2, 0.25) is 0 Å². The molecule has 0 saturated carbocycles. The third-order valence-corrected chi connectivity index (χ3v) is 1.92. The summed E-state index contributed by atoms with van der Waals surface area (Å²) in [5.74, 6) is -2.48. The molecule has 1 aliphatic heterocycles. The number of aliphatic hydroxyl groups is 3. The largest absolute Gasteiger partial charge is 0.386 e. The zero-order valence-corrected chi connectivity index (χ0v) is 6.14. The predicted molar refractivity (Wildman–Crippen MR) is 35.5 cm³/mol. The molecule has 5 nitrogen and oxygen atoms in total. The second-order valence-corrected chi connectivity index (χ2v) is 2.82. The maximum Gasteiger partial charge on any atom is 0.274 e. The molecule has 0 aliphatic carbocycles. The molecule has 11 heavy (non-hydrogen) atoms. The molecule has 5 heteroatoms. The van der Waals surface area contributed by atoms with Crippen molar-refractivity contribution < 1.29 is 20.5 Å². The van der Waals surface area contributed by atoms with Crippen LogP contribution in [0.4, 0.5) is 0 Å². The number of aliphatic hydroxyl groups excluding tert-OH is 1. The van der Waals surface area contributed by atoms with E-state index in [0.29, 0.717) is 24.3 Å². The van der Waals surface area contributed by atoms with Crippen molar-refractivity contribution in [2.45, 2.75) is 31.3 Å². The molecule has 0 bridgehead atoms. The average molecular weight is 163 g/mol. The van der Waals surface area contributed by atoms with E-state index < -0.39 is 12.0 Å². The lowest BCUT2D eigenvalue weighted by Crippen LogP contribution is -2.54. The zero-order chi connectivity index (χ0) is 8.48. The molecule has 66 valence electrons. The molecule has 0 aromatic rings. The second kappa shape index (κ2) is 3.04. The number of nitrogens with zero attached hydrogens (tertiary/aromatic N) is 1. The highest BCUT2D eigenvalue weighted by molar-refractivity contribution is 4.75. The van der Waals surface area contributed by atoms with E-state index in [-0.39, 0.29) is 6.54 Å². The van der Waals surface area contributed by atoms with E-state index in [9.17, 15) is 0 Å². The molecule has 1 heterocycles. The van der Waals surface area contributed by atoms with Gasteiger partial charge in [0, 0.05) is 6.54 Å². The average Bonchev–Trinajstić information content (AvgIpc) is 2.03. The Morgan fingerprint density at radius 2 is 1.91 bits per heavy atom. The Hall–Kier alpha value is -0.200. The van der Waals surface area contributed by atoms with Gasteiger partial charge in [0.05, 0.1) is 0 Å². The molecule has 0 spiro atoms. The summed E-state index contributed by atoms with van der Waals surface area (Å²) in [7, 11) is 0. The minimum absolute atomic E-state index is 0.171. The molecule has 1 atom stereocenters. The van der Waals surface area contributed by atoms with Gasteiger partial charge in [-0.2, -0.15) is 0 Å². The zero-order valence-electron chi connectivity index (χ0n) is 6.14. The number of hydrogen-bond donors (Lipinski definition) is 4. The molecule has 0 aromatic carbocycles. The monoisotopic (exact) mass is 163 g/mol. The first-order valence-corrected chi connectivity index (χ1v) is 3.64. The fraction of sp³-hybridized carbons (Fsp3) is 1.00. The van der Waals surface area contributed by atoms with Gasteiger partial charge >= 0.3 is 0 Å². The SMILES string of the molecule is O[C@@H]1CCCCN(O)C1(O)O. The minimum atomic E-state index is -2.48. The Kier molecular flexibility index (Phi) is 2.46. The van der Waals surface area contributed by atoms with Crippen LogP contribution in [0.5, 0.6) is 0 Å². The van der Waals surface area contributed by atoms with Crippen molar-refractivity contribution in [3.05, 3.63) is 0 Å². The highest BCUT2D eigenvalue weighted by Crippen LogP contribution is 2.20. The maximum atomic E-state index is 9.09. The maximum absolute atomic E-state index is 9.09. The van der Waals surface area contributed by atoms with Crippen LogP contribution >= 0.6 is 0 Å². The highest BCUT2D eigenvalue weighted by Gasteiger charge is 2.40. The lowest BCUT2D eigenvalue weighted by atomic mass is 10.1. The standard InChI is InChI=1S/C6H13NO4/c8-5-3-1-2-4-7(11)6(5,9)10/h5,8-11H,1-4H2/t5-/m1/s1. The lowest BCUT2D eigenvalue weighted by molar-refractivity contribution is -0.388. The van der Waals surface area contributed by atoms with Gasteiger partial charge in [-0.25, -0.2) is 0 Å². The molecule has 1 saturated heterocycles. The van der Waals surface area contributed by atoms with Gasteiger partial charge < -0.3 is 20.5 Å². The van der Waals surface area contributed by atoms with Gasteiger partial charge in [-0.3, -0.25) is 0 Å². The van der Waals surface area contributed by atoms with Crippen molar-refractivity contribution in [2.75, 3.05) is 6.54 Å².